The number of carboxylic acids is 1. The van der Waals surface area contributed by atoms with Crippen LogP contribution in [0.25, 0.3) is 0 Å². The Morgan fingerprint density at radius 2 is 1.70 bits per heavy atom. The summed E-state index contributed by atoms with van der Waals surface area (Å²) in [6, 6.07) is 13.7. The van der Waals surface area contributed by atoms with Crippen molar-refractivity contribution in [3.05, 3.63) is 71.3 Å². The maximum absolute atomic E-state index is 13.2. The van der Waals surface area contributed by atoms with Crippen molar-refractivity contribution < 1.29 is 29.1 Å². The number of aliphatic imine (C=N–C) groups is 1. The Hall–Kier alpha value is -4.78. The van der Waals surface area contributed by atoms with Crippen LogP contribution in [0.1, 0.15) is 46.8 Å². The van der Waals surface area contributed by atoms with Crippen LogP contribution in [-0.2, 0) is 25.7 Å². The van der Waals surface area contributed by atoms with Crippen molar-refractivity contribution in [2.45, 2.75) is 37.9 Å². The minimum absolute atomic E-state index is 0.0487. The lowest BCUT2D eigenvalue weighted by Crippen LogP contribution is -2.52. The number of hydrogen-bond acceptors (Lipinski definition) is 7. The average molecular weight is 552 g/mol. The molecule has 1 heterocycles. The molecule has 0 saturated heterocycles. The molecule has 0 bridgehead atoms. The number of amides is 4. The molecular weight excluding hydrogens is 518 g/mol. The lowest BCUT2D eigenvalue weighted by atomic mass is 9.89. The number of fused-ring (bicyclic) bond motifs is 1. The number of imide groups is 1. The van der Waals surface area contributed by atoms with Gasteiger partial charge in [0.25, 0.3) is 5.91 Å². The van der Waals surface area contributed by atoms with Gasteiger partial charge in [0.15, 0.2) is 5.96 Å². The number of nitrogens with zero attached hydrogens (tertiary/aromatic N) is 1. The smallest absolute Gasteiger partial charge is 0.305 e. The zero-order valence-corrected chi connectivity index (χ0v) is 21.8. The molecular formula is C27H33N7O6. The molecule has 3 rings (SSSR count). The number of rotatable bonds is 13. The lowest BCUT2D eigenvalue weighted by Gasteiger charge is -2.24. The fourth-order valence-electron chi connectivity index (χ4n) is 4.44. The first kappa shape index (κ1) is 29.8. The van der Waals surface area contributed by atoms with E-state index in [4.69, 9.17) is 11.5 Å². The Balaban J connectivity index is 1.62. The number of carbonyl (C=O) groups excluding carboxylic acids is 4. The predicted molar refractivity (Wildman–Crippen MR) is 146 cm³/mol. The van der Waals surface area contributed by atoms with Crippen LogP contribution in [0.15, 0.2) is 59.6 Å². The van der Waals surface area contributed by atoms with Crippen LogP contribution >= 0.6 is 0 Å². The Bertz CT molecular complexity index is 1260. The number of nitrogens with two attached hydrogens (primary N) is 2. The quantitative estimate of drug-likeness (QED) is 0.0971. The fraction of sp³-hybridized carbons (Fsp3) is 0.333. The topological polar surface area (TPSA) is 218 Å². The first-order chi connectivity index (χ1) is 19.2. The molecule has 0 radical (unpaired) electrons. The molecule has 13 heteroatoms. The summed E-state index contributed by atoms with van der Waals surface area (Å²) in [6.45, 7) is 0.412. The van der Waals surface area contributed by atoms with Crippen LogP contribution in [0.2, 0.25) is 0 Å². The standard InChI is InChI=1S/C27H33N7O6/c28-27(29)30-12-6-11-19(23-18-10-5-4-9-17(18)14-31-23)25(39)32-15-21(35)33-20(13-22(36)37)26(40)34-24(38)16-7-2-1-3-8-16/h1-5,7-10,19-20,23,31H,6,11-15H2,(H,32,39)(H,33,35)(H,36,37)(H4,28,29,30)(H,34,38,40)/t19-,20-,23?/m0/s1. The van der Waals surface area contributed by atoms with Gasteiger partial charge in [-0.2, -0.15) is 0 Å². The van der Waals surface area contributed by atoms with E-state index in [9.17, 15) is 29.1 Å². The van der Waals surface area contributed by atoms with Gasteiger partial charge in [-0.1, -0.05) is 42.5 Å². The third kappa shape index (κ3) is 8.63. The number of aliphatic carboxylic acids is 1. The monoisotopic (exact) mass is 551 g/mol. The summed E-state index contributed by atoms with van der Waals surface area (Å²) in [6.07, 6.45) is 0.171. The van der Waals surface area contributed by atoms with Crippen LogP contribution < -0.4 is 32.7 Å². The second kappa shape index (κ2) is 14.4. The predicted octanol–water partition coefficient (Wildman–Crippen LogP) is -0.467. The molecule has 0 spiro atoms. The van der Waals surface area contributed by atoms with Crippen LogP contribution in [0.4, 0.5) is 0 Å². The maximum atomic E-state index is 13.2. The van der Waals surface area contributed by atoms with Gasteiger partial charge >= 0.3 is 5.97 Å². The molecule has 0 fully saturated rings. The van der Waals surface area contributed by atoms with Gasteiger partial charge in [-0.3, -0.25) is 34.3 Å². The summed E-state index contributed by atoms with van der Waals surface area (Å²) in [5, 5.41) is 19.5. The van der Waals surface area contributed by atoms with Crippen LogP contribution in [0.5, 0.6) is 0 Å². The van der Waals surface area contributed by atoms with E-state index < -0.39 is 54.5 Å². The van der Waals surface area contributed by atoms with E-state index in [1.54, 1.807) is 18.2 Å². The van der Waals surface area contributed by atoms with Gasteiger partial charge in [0.1, 0.15) is 6.04 Å². The Kier molecular flexibility index (Phi) is 10.7. The summed E-state index contributed by atoms with van der Waals surface area (Å²) in [5.74, 6) is -4.90. The highest BCUT2D eigenvalue weighted by molar-refractivity contribution is 6.07. The number of guanidine groups is 1. The van der Waals surface area contributed by atoms with Gasteiger partial charge in [-0.05, 0) is 36.1 Å². The summed E-state index contributed by atoms with van der Waals surface area (Å²) in [5.41, 5.74) is 13.0. The van der Waals surface area contributed by atoms with E-state index in [0.29, 0.717) is 25.9 Å². The van der Waals surface area contributed by atoms with Crippen molar-refractivity contribution in [1.82, 2.24) is 21.3 Å². The van der Waals surface area contributed by atoms with E-state index in [0.717, 1.165) is 11.1 Å². The number of nitrogens with one attached hydrogen (secondary N) is 4. The number of carbonyl (C=O) groups is 5. The highest BCUT2D eigenvalue weighted by Crippen LogP contribution is 2.33. The Labute approximate surface area is 230 Å². The van der Waals surface area contributed by atoms with Gasteiger partial charge in [0.05, 0.1) is 18.9 Å². The molecule has 1 unspecified atom stereocenters. The third-order valence-corrected chi connectivity index (χ3v) is 6.34. The molecule has 13 nitrogen and oxygen atoms in total. The normalized spacial score (nSPS) is 15.2. The zero-order chi connectivity index (χ0) is 29.1. The molecule has 4 amide bonds. The van der Waals surface area contributed by atoms with E-state index in [1.807, 2.05) is 24.3 Å². The summed E-state index contributed by atoms with van der Waals surface area (Å²) in [4.78, 5) is 66.0. The zero-order valence-electron chi connectivity index (χ0n) is 21.8. The highest BCUT2D eigenvalue weighted by Gasteiger charge is 2.34. The van der Waals surface area contributed by atoms with Crippen molar-refractivity contribution in [3.8, 4) is 0 Å². The minimum atomic E-state index is -1.53. The van der Waals surface area contributed by atoms with Crippen molar-refractivity contribution >= 4 is 35.6 Å². The molecule has 2 aromatic carbocycles. The molecule has 2 aromatic rings. The molecule has 40 heavy (non-hydrogen) atoms. The summed E-state index contributed by atoms with van der Waals surface area (Å²) < 4.78 is 0. The lowest BCUT2D eigenvalue weighted by molar-refractivity contribution is -0.140. The van der Waals surface area contributed by atoms with Crippen molar-refractivity contribution in [3.63, 3.8) is 0 Å². The van der Waals surface area contributed by atoms with E-state index in [2.05, 4.69) is 26.3 Å². The molecule has 212 valence electrons. The highest BCUT2D eigenvalue weighted by atomic mass is 16.4. The second-order valence-electron chi connectivity index (χ2n) is 9.23. The molecule has 0 aliphatic carbocycles. The van der Waals surface area contributed by atoms with Gasteiger partial charge in [0, 0.05) is 24.7 Å². The second-order valence-corrected chi connectivity index (χ2v) is 9.23. The summed E-state index contributed by atoms with van der Waals surface area (Å²) in [7, 11) is 0. The SMILES string of the molecule is NC(N)=NCCC[C@H](C(=O)NCC(=O)N[C@@H](CC(=O)O)C(=O)NC(=O)c1ccccc1)C1NCc2ccccc21. The first-order valence-corrected chi connectivity index (χ1v) is 12.7. The van der Waals surface area contributed by atoms with Crippen LogP contribution in [-0.4, -0.2) is 59.8 Å². The van der Waals surface area contributed by atoms with Crippen molar-refractivity contribution in [2.24, 2.45) is 22.4 Å². The van der Waals surface area contributed by atoms with E-state index in [1.165, 1.54) is 12.1 Å². The average Bonchev–Trinajstić information content (AvgIpc) is 3.35. The molecule has 1 aliphatic rings. The van der Waals surface area contributed by atoms with E-state index >= 15 is 0 Å². The van der Waals surface area contributed by atoms with Crippen LogP contribution in [0, 0.1) is 5.92 Å². The van der Waals surface area contributed by atoms with Crippen molar-refractivity contribution in [1.29, 1.82) is 0 Å². The Morgan fingerprint density at radius 1 is 1.00 bits per heavy atom. The molecule has 3 atom stereocenters. The molecule has 0 saturated carbocycles. The number of benzene rings is 2. The summed E-state index contributed by atoms with van der Waals surface area (Å²) >= 11 is 0. The molecule has 9 N–H and O–H groups in total. The number of carboxylic acid groups (broad SMARTS) is 1. The first-order valence-electron chi connectivity index (χ1n) is 12.7. The maximum Gasteiger partial charge on any atom is 0.305 e. The third-order valence-electron chi connectivity index (χ3n) is 6.34. The van der Waals surface area contributed by atoms with Gasteiger partial charge in [-0.15, -0.1) is 0 Å². The van der Waals surface area contributed by atoms with Crippen LogP contribution in [0.3, 0.4) is 0 Å². The van der Waals surface area contributed by atoms with E-state index in [-0.39, 0.29) is 17.6 Å². The van der Waals surface area contributed by atoms with Gasteiger partial charge < -0.3 is 32.5 Å². The Morgan fingerprint density at radius 3 is 2.40 bits per heavy atom. The fourth-order valence-corrected chi connectivity index (χ4v) is 4.44. The minimum Gasteiger partial charge on any atom is -0.481 e. The van der Waals surface area contributed by atoms with Crippen molar-refractivity contribution in [2.75, 3.05) is 13.1 Å². The molecule has 0 aromatic heterocycles. The molecule has 1 aliphatic heterocycles. The largest absolute Gasteiger partial charge is 0.481 e. The number of hydrogen-bond donors (Lipinski definition) is 7. The van der Waals surface area contributed by atoms with Gasteiger partial charge in [0.2, 0.25) is 17.7 Å². The van der Waals surface area contributed by atoms with Gasteiger partial charge in [-0.25, -0.2) is 0 Å².